The fourth-order valence-corrected chi connectivity index (χ4v) is 4.94. The topological polar surface area (TPSA) is 71.5 Å². The summed E-state index contributed by atoms with van der Waals surface area (Å²) in [6.45, 7) is 4.33. The van der Waals surface area contributed by atoms with Gasteiger partial charge in [-0.25, -0.2) is 4.98 Å². The van der Waals surface area contributed by atoms with Gasteiger partial charge in [0.15, 0.2) is 5.13 Å². The van der Waals surface area contributed by atoms with Gasteiger partial charge in [0.05, 0.1) is 52.9 Å². The molecule has 0 aliphatic carbocycles. The summed E-state index contributed by atoms with van der Waals surface area (Å²) in [5.41, 5.74) is 4.23. The van der Waals surface area contributed by atoms with Crippen LogP contribution in [0.4, 0.5) is 5.13 Å². The van der Waals surface area contributed by atoms with Crippen molar-refractivity contribution in [3.8, 4) is 17.2 Å². The summed E-state index contributed by atoms with van der Waals surface area (Å²) in [4.78, 5) is 7.16. The largest absolute Gasteiger partial charge is 0.497 e. The lowest BCUT2D eigenvalue weighted by molar-refractivity contribution is 0.0330. The van der Waals surface area contributed by atoms with Gasteiger partial charge in [-0.1, -0.05) is 36.4 Å². The number of anilines is 1. The minimum atomic E-state index is 0.425. The molecule has 0 aliphatic rings. The third-order valence-corrected chi connectivity index (χ3v) is 7.12. The molecule has 0 atom stereocenters. The highest BCUT2D eigenvalue weighted by Crippen LogP contribution is 2.27. The van der Waals surface area contributed by atoms with Crippen molar-refractivity contribution in [1.82, 2.24) is 4.98 Å². The summed E-state index contributed by atoms with van der Waals surface area (Å²) in [5.74, 6) is 2.48. The molecule has 0 unspecified atom stereocenters. The first-order valence-electron chi connectivity index (χ1n) is 13.5. The highest BCUT2D eigenvalue weighted by molar-refractivity contribution is 7.13. The Morgan fingerprint density at radius 3 is 1.90 bits per heavy atom. The summed E-state index contributed by atoms with van der Waals surface area (Å²) in [6, 6.07) is 24.1. The zero-order chi connectivity index (χ0) is 28.7. The van der Waals surface area contributed by atoms with Crippen LogP contribution in [0.3, 0.4) is 0 Å². The first-order chi connectivity index (χ1) is 20.2. The highest BCUT2D eigenvalue weighted by Gasteiger charge is 2.14. The number of hydrogen-bond acceptors (Lipinski definition) is 9. The van der Waals surface area contributed by atoms with E-state index in [0.29, 0.717) is 52.7 Å². The van der Waals surface area contributed by atoms with E-state index in [9.17, 15) is 0 Å². The van der Waals surface area contributed by atoms with Crippen LogP contribution < -0.4 is 19.1 Å². The molecule has 218 valence electrons. The van der Waals surface area contributed by atoms with E-state index in [-0.39, 0.29) is 0 Å². The number of ether oxygens (including phenoxy) is 6. The lowest BCUT2D eigenvalue weighted by Gasteiger charge is -2.23. The lowest BCUT2D eigenvalue weighted by atomic mass is 10.1. The summed E-state index contributed by atoms with van der Waals surface area (Å²) in [6.07, 6.45) is 0. The minimum absolute atomic E-state index is 0.425. The number of rotatable bonds is 18. The molecule has 3 aromatic carbocycles. The Balaban J connectivity index is 1.34. The number of thiazole rings is 1. The van der Waals surface area contributed by atoms with Crippen molar-refractivity contribution >= 4 is 16.5 Å². The van der Waals surface area contributed by atoms with Gasteiger partial charge in [0.25, 0.3) is 0 Å². The van der Waals surface area contributed by atoms with Gasteiger partial charge in [-0.15, -0.1) is 11.3 Å². The van der Waals surface area contributed by atoms with Gasteiger partial charge >= 0.3 is 0 Å². The first-order valence-corrected chi connectivity index (χ1v) is 14.4. The third kappa shape index (κ3) is 10.1. The van der Waals surface area contributed by atoms with Crippen molar-refractivity contribution in [3.63, 3.8) is 0 Å². The average molecular weight is 579 g/mol. The van der Waals surface area contributed by atoms with E-state index in [1.165, 1.54) is 0 Å². The SMILES string of the molecule is COCCOc1cccc(CN(Cc2cccc(OC)c2)c2nc(COCCOCc3cccc(OC)c3)cs2)c1. The zero-order valence-corrected chi connectivity index (χ0v) is 24.7. The van der Waals surface area contributed by atoms with E-state index >= 15 is 0 Å². The second kappa shape index (κ2) is 16.6. The van der Waals surface area contributed by atoms with Gasteiger partial charge in [0.2, 0.25) is 0 Å². The van der Waals surface area contributed by atoms with Crippen molar-refractivity contribution < 1.29 is 28.4 Å². The molecule has 0 saturated heterocycles. The molecule has 1 heterocycles. The van der Waals surface area contributed by atoms with E-state index in [1.54, 1.807) is 32.7 Å². The molecule has 0 fully saturated rings. The molecule has 0 radical (unpaired) electrons. The van der Waals surface area contributed by atoms with Gasteiger partial charge in [-0.05, 0) is 53.1 Å². The maximum absolute atomic E-state index is 5.86. The van der Waals surface area contributed by atoms with Gasteiger partial charge in [0, 0.05) is 25.6 Å². The zero-order valence-electron chi connectivity index (χ0n) is 23.9. The highest BCUT2D eigenvalue weighted by atomic mass is 32.1. The Kier molecular flexibility index (Phi) is 12.3. The molecule has 9 heteroatoms. The predicted octanol–water partition coefficient (Wildman–Crippen LogP) is 6.13. The van der Waals surface area contributed by atoms with E-state index in [2.05, 4.69) is 34.5 Å². The Morgan fingerprint density at radius 2 is 1.24 bits per heavy atom. The van der Waals surface area contributed by atoms with Crippen molar-refractivity contribution in [2.24, 2.45) is 0 Å². The van der Waals surface area contributed by atoms with Crippen LogP contribution in [0, 0.1) is 0 Å². The maximum Gasteiger partial charge on any atom is 0.186 e. The van der Waals surface area contributed by atoms with Gasteiger partial charge in [-0.2, -0.15) is 0 Å². The van der Waals surface area contributed by atoms with Gasteiger partial charge in [0.1, 0.15) is 23.9 Å². The number of methoxy groups -OCH3 is 3. The molecule has 0 amide bonds. The second-order valence-corrected chi connectivity index (χ2v) is 10.1. The quantitative estimate of drug-likeness (QED) is 0.131. The minimum Gasteiger partial charge on any atom is -0.497 e. The molecule has 4 rings (SSSR count). The molecule has 41 heavy (non-hydrogen) atoms. The monoisotopic (exact) mass is 578 g/mol. The summed E-state index contributed by atoms with van der Waals surface area (Å²) >= 11 is 1.61. The maximum atomic E-state index is 5.86. The Morgan fingerprint density at radius 1 is 0.659 bits per heavy atom. The first kappa shape index (κ1) is 30.3. The molecule has 0 bridgehead atoms. The van der Waals surface area contributed by atoms with Crippen LogP contribution in [0.5, 0.6) is 17.2 Å². The third-order valence-electron chi connectivity index (χ3n) is 6.17. The Hall–Kier alpha value is -3.63. The normalized spacial score (nSPS) is 10.9. The summed E-state index contributed by atoms with van der Waals surface area (Å²) in [7, 11) is 5.01. The van der Waals surface area contributed by atoms with Crippen LogP contribution in [-0.2, 0) is 40.5 Å². The molecule has 1 aromatic heterocycles. The summed E-state index contributed by atoms with van der Waals surface area (Å²) < 4.78 is 33.3. The molecule has 0 spiro atoms. The number of benzene rings is 3. The standard InChI is InChI=1S/C32H38N2O6S/c1-35-13-16-40-31-12-5-8-26(18-31)21-34(20-25-7-4-10-29(17-25)36-2)32-33-28(24-41-32)23-39-15-14-38-22-27-9-6-11-30(19-27)37-3/h4-12,17-19,24H,13-16,20-23H2,1-3H3. The molecule has 0 saturated carbocycles. The van der Waals surface area contributed by atoms with Crippen molar-refractivity contribution in [2.75, 3.05) is 52.7 Å². The fraction of sp³-hybridized carbons (Fsp3) is 0.344. The van der Waals surface area contributed by atoms with Gasteiger partial charge < -0.3 is 33.3 Å². The molecule has 4 aromatic rings. The van der Waals surface area contributed by atoms with E-state index in [1.807, 2.05) is 48.5 Å². The van der Waals surface area contributed by atoms with Crippen LogP contribution in [0.15, 0.2) is 78.2 Å². The number of nitrogens with zero attached hydrogens (tertiary/aromatic N) is 2. The van der Waals surface area contributed by atoms with Crippen LogP contribution in [-0.4, -0.2) is 52.7 Å². The van der Waals surface area contributed by atoms with E-state index in [4.69, 9.17) is 33.4 Å². The average Bonchev–Trinajstić information content (AvgIpc) is 3.48. The molecule has 0 N–H and O–H groups in total. The fourth-order valence-electron chi connectivity index (χ4n) is 4.13. The van der Waals surface area contributed by atoms with Crippen LogP contribution in [0.2, 0.25) is 0 Å². The number of hydrogen-bond donors (Lipinski definition) is 0. The molecular weight excluding hydrogens is 540 g/mol. The van der Waals surface area contributed by atoms with Gasteiger partial charge in [-0.3, -0.25) is 0 Å². The molecule has 0 aliphatic heterocycles. The lowest BCUT2D eigenvalue weighted by Crippen LogP contribution is -2.22. The van der Waals surface area contributed by atoms with Crippen molar-refractivity contribution in [1.29, 1.82) is 0 Å². The molecular formula is C32H38N2O6S. The Labute approximate surface area is 246 Å². The van der Waals surface area contributed by atoms with Crippen molar-refractivity contribution in [2.45, 2.75) is 26.3 Å². The smallest absolute Gasteiger partial charge is 0.186 e. The summed E-state index contributed by atoms with van der Waals surface area (Å²) in [5, 5.41) is 2.97. The van der Waals surface area contributed by atoms with Crippen molar-refractivity contribution in [3.05, 3.63) is 101 Å². The predicted molar refractivity (Wildman–Crippen MR) is 161 cm³/mol. The van der Waals surface area contributed by atoms with Crippen LogP contribution >= 0.6 is 11.3 Å². The van der Waals surface area contributed by atoms with E-state index < -0.39 is 0 Å². The molecule has 8 nitrogen and oxygen atoms in total. The number of aromatic nitrogens is 1. The Bertz CT molecular complexity index is 1330. The van der Waals surface area contributed by atoms with Crippen LogP contribution in [0.25, 0.3) is 0 Å². The van der Waals surface area contributed by atoms with Crippen LogP contribution in [0.1, 0.15) is 22.4 Å². The second-order valence-electron chi connectivity index (χ2n) is 9.27. The van der Waals surface area contributed by atoms with E-state index in [0.717, 1.165) is 44.8 Å².